The lowest BCUT2D eigenvalue weighted by Crippen LogP contribution is -2.19. The molecule has 5 rings (SSSR count). The summed E-state index contributed by atoms with van der Waals surface area (Å²) in [6.45, 7) is 2.26. The second-order valence-electron chi connectivity index (χ2n) is 8.00. The number of nitrogens with zero attached hydrogens (tertiary/aromatic N) is 1. The molecule has 0 saturated carbocycles. The molecule has 0 radical (unpaired) electrons. The van der Waals surface area contributed by atoms with Gasteiger partial charge in [-0.25, -0.2) is 4.98 Å². The number of ether oxygens (including phenoxy) is 3. The molecule has 0 unspecified atom stereocenters. The average Bonchev–Trinajstić information content (AvgIpc) is 3.54. The number of hydrogen-bond acceptors (Lipinski definition) is 8. The first-order chi connectivity index (χ1) is 17.1. The quantitative estimate of drug-likeness (QED) is 0.179. The van der Waals surface area contributed by atoms with Gasteiger partial charge in [-0.3, -0.25) is 5.41 Å². The number of aromatic amines is 1. The third kappa shape index (κ3) is 5.21. The van der Waals surface area contributed by atoms with Crippen molar-refractivity contribution in [3.05, 3.63) is 65.9 Å². The first kappa shape index (κ1) is 23.1. The molecule has 0 atom stereocenters. The third-order valence-electron chi connectivity index (χ3n) is 5.79. The largest absolute Gasteiger partial charge is 0.497 e. The lowest BCUT2D eigenvalue weighted by Gasteiger charge is -2.15. The molecule has 2 aromatic heterocycles. The summed E-state index contributed by atoms with van der Waals surface area (Å²) in [7, 11) is 3.09. The van der Waals surface area contributed by atoms with Crippen molar-refractivity contribution in [1.82, 2.24) is 15.3 Å². The van der Waals surface area contributed by atoms with Gasteiger partial charge in [-0.05, 0) is 48.4 Å². The maximum Gasteiger partial charge on any atom is 0.250 e. The van der Waals surface area contributed by atoms with Gasteiger partial charge in [0, 0.05) is 35.3 Å². The average molecular weight is 491 g/mol. The number of furan rings is 1. The summed E-state index contributed by atoms with van der Waals surface area (Å²) in [4.78, 5) is 7.46. The highest BCUT2D eigenvalue weighted by Gasteiger charge is 2.16. The van der Waals surface area contributed by atoms with Gasteiger partial charge in [0.15, 0.2) is 10.9 Å². The first-order valence-corrected chi connectivity index (χ1v) is 12.0. The molecule has 0 bridgehead atoms. The van der Waals surface area contributed by atoms with Gasteiger partial charge in [0.25, 0.3) is 5.23 Å². The van der Waals surface area contributed by atoms with Crippen LogP contribution in [0.1, 0.15) is 17.5 Å². The monoisotopic (exact) mass is 490 g/mol. The topological polar surface area (TPSA) is 105 Å². The molecule has 0 amide bonds. The molecule has 4 aromatic rings. The highest BCUT2D eigenvalue weighted by atomic mass is 32.2. The van der Waals surface area contributed by atoms with E-state index in [4.69, 9.17) is 24.0 Å². The van der Waals surface area contributed by atoms with E-state index in [0.29, 0.717) is 34.6 Å². The third-order valence-corrected chi connectivity index (χ3v) is 6.54. The molecule has 3 N–H and O–H groups in total. The normalized spacial score (nSPS) is 13.5. The molecule has 0 aliphatic carbocycles. The molecule has 1 aliphatic heterocycles. The number of imidazole rings is 1. The summed E-state index contributed by atoms with van der Waals surface area (Å²) in [6.07, 6.45) is 4.92. The fraction of sp³-hybridized carbons (Fsp3) is 0.231. The van der Waals surface area contributed by atoms with Gasteiger partial charge < -0.3 is 28.9 Å². The van der Waals surface area contributed by atoms with Gasteiger partial charge in [-0.2, -0.15) is 0 Å². The van der Waals surface area contributed by atoms with E-state index in [9.17, 15) is 0 Å². The summed E-state index contributed by atoms with van der Waals surface area (Å²) in [5, 5.41) is 12.6. The van der Waals surface area contributed by atoms with Gasteiger partial charge in [0.05, 0.1) is 20.4 Å². The van der Waals surface area contributed by atoms with Gasteiger partial charge in [-0.15, -0.1) is 0 Å². The van der Waals surface area contributed by atoms with Crippen molar-refractivity contribution in [2.75, 3.05) is 27.3 Å². The Bertz CT molecular complexity index is 1390. The van der Waals surface area contributed by atoms with Crippen molar-refractivity contribution >= 4 is 33.5 Å². The van der Waals surface area contributed by atoms with Gasteiger partial charge in [-0.1, -0.05) is 18.2 Å². The zero-order valence-corrected chi connectivity index (χ0v) is 20.3. The summed E-state index contributed by atoms with van der Waals surface area (Å²) in [6, 6.07) is 14.0. The Kier molecular flexibility index (Phi) is 6.78. The van der Waals surface area contributed by atoms with E-state index in [1.54, 1.807) is 13.3 Å². The van der Waals surface area contributed by atoms with E-state index in [0.717, 1.165) is 48.0 Å². The van der Waals surface area contributed by atoms with Crippen LogP contribution in [0.25, 0.3) is 28.0 Å². The Morgan fingerprint density at radius 2 is 2.09 bits per heavy atom. The number of fused-ring (bicyclic) bond motifs is 1. The molecule has 3 heterocycles. The van der Waals surface area contributed by atoms with Crippen molar-refractivity contribution in [3.8, 4) is 23.0 Å². The van der Waals surface area contributed by atoms with E-state index < -0.39 is 0 Å². The van der Waals surface area contributed by atoms with E-state index in [1.165, 1.54) is 18.2 Å². The van der Waals surface area contributed by atoms with Crippen molar-refractivity contribution in [3.63, 3.8) is 0 Å². The zero-order valence-electron chi connectivity index (χ0n) is 19.5. The predicted molar refractivity (Wildman–Crippen MR) is 137 cm³/mol. The molecule has 0 fully saturated rings. The molecular formula is C26H26N4O4S. The Hall–Kier alpha value is -3.69. The number of aromatic nitrogens is 2. The van der Waals surface area contributed by atoms with Crippen LogP contribution in [0.5, 0.6) is 11.5 Å². The van der Waals surface area contributed by atoms with Crippen molar-refractivity contribution in [1.29, 1.82) is 5.41 Å². The Morgan fingerprint density at radius 1 is 1.17 bits per heavy atom. The maximum absolute atomic E-state index is 7.66. The van der Waals surface area contributed by atoms with Crippen LogP contribution in [0, 0.1) is 5.41 Å². The van der Waals surface area contributed by atoms with Crippen molar-refractivity contribution < 1.29 is 18.6 Å². The summed E-state index contributed by atoms with van der Waals surface area (Å²) >= 11 is 1.10. The van der Waals surface area contributed by atoms with E-state index in [2.05, 4.69) is 33.5 Å². The molecule has 9 heteroatoms. The van der Waals surface area contributed by atoms with Gasteiger partial charge in [0.2, 0.25) is 0 Å². The lowest BCUT2D eigenvalue weighted by molar-refractivity contribution is 0.306. The molecule has 180 valence electrons. The first-order valence-electron chi connectivity index (χ1n) is 11.2. The molecule has 0 spiro atoms. The molecular weight excluding hydrogens is 464 g/mol. The smallest absolute Gasteiger partial charge is 0.250 e. The van der Waals surface area contributed by atoms with Crippen LogP contribution >= 0.6 is 11.8 Å². The van der Waals surface area contributed by atoms with Crippen LogP contribution in [0.15, 0.2) is 64.3 Å². The van der Waals surface area contributed by atoms with E-state index >= 15 is 0 Å². The fourth-order valence-corrected chi connectivity index (χ4v) is 4.52. The minimum absolute atomic E-state index is 0.0557. The Labute approximate surface area is 207 Å². The fourth-order valence-electron chi connectivity index (χ4n) is 3.99. The minimum atomic E-state index is 0.0557. The van der Waals surface area contributed by atoms with Crippen LogP contribution < -0.4 is 14.8 Å². The summed E-state index contributed by atoms with van der Waals surface area (Å²) < 4.78 is 22.7. The second-order valence-corrected chi connectivity index (χ2v) is 8.97. The van der Waals surface area contributed by atoms with Crippen LogP contribution in [-0.4, -0.2) is 42.5 Å². The number of H-pyrrole nitrogens is 1. The SMILES string of the molecule is COC(=N)Sc1ncc(-c2cc3c(COc4cccc(C5=CCNCC5)c4)cc(OC)cc3o2)[nH]1. The number of methoxy groups -OCH3 is 2. The maximum atomic E-state index is 7.66. The summed E-state index contributed by atoms with van der Waals surface area (Å²) in [5.74, 6) is 2.15. The van der Waals surface area contributed by atoms with E-state index in [1.807, 2.05) is 30.3 Å². The number of hydrogen-bond donors (Lipinski definition) is 3. The standard InChI is InChI=1S/C26H26N4O4S/c1-31-20-11-18(15-33-19-5-3-4-17(10-19)16-6-8-28-9-7-16)21-13-24(34-23(21)12-20)22-14-29-26(30-22)35-25(27)32-2/h3-6,10-14,27-28H,7-9,15H2,1-2H3,(H,29,30). The van der Waals surface area contributed by atoms with E-state index in [-0.39, 0.29) is 5.23 Å². The number of rotatable bonds is 7. The van der Waals surface area contributed by atoms with Gasteiger partial charge >= 0.3 is 0 Å². The zero-order chi connectivity index (χ0) is 24.2. The van der Waals surface area contributed by atoms with Crippen LogP contribution in [0.2, 0.25) is 0 Å². The van der Waals surface area contributed by atoms with Gasteiger partial charge in [0.1, 0.15) is 29.4 Å². The minimum Gasteiger partial charge on any atom is -0.497 e. The Morgan fingerprint density at radius 3 is 2.89 bits per heavy atom. The Balaban J connectivity index is 1.40. The van der Waals surface area contributed by atoms with Crippen molar-refractivity contribution in [2.45, 2.75) is 18.2 Å². The number of nitrogens with one attached hydrogen (secondary N) is 3. The predicted octanol–water partition coefficient (Wildman–Crippen LogP) is 5.46. The second kappa shape index (κ2) is 10.3. The van der Waals surface area contributed by atoms with Crippen LogP contribution in [0.3, 0.4) is 0 Å². The van der Waals surface area contributed by atoms with Crippen molar-refractivity contribution in [2.24, 2.45) is 0 Å². The molecule has 35 heavy (non-hydrogen) atoms. The van der Waals surface area contributed by atoms with Crippen LogP contribution in [0.4, 0.5) is 0 Å². The van der Waals surface area contributed by atoms with Crippen LogP contribution in [-0.2, 0) is 11.3 Å². The summed E-state index contributed by atoms with van der Waals surface area (Å²) in [5.41, 5.74) is 4.90. The molecule has 2 aromatic carbocycles. The highest BCUT2D eigenvalue weighted by molar-refractivity contribution is 8.13. The highest BCUT2D eigenvalue weighted by Crippen LogP contribution is 2.34. The number of thioether (sulfide) groups is 1. The molecule has 8 nitrogen and oxygen atoms in total. The molecule has 0 saturated heterocycles. The number of benzene rings is 2. The molecule has 1 aliphatic rings. The lowest BCUT2D eigenvalue weighted by atomic mass is 10.0.